The molecule has 0 saturated carbocycles. The number of carboxylic acid groups (broad SMARTS) is 1. The Labute approximate surface area is 157 Å². The third kappa shape index (κ3) is 35.4. The summed E-state index contributed by atoms with van der Waals surface area (Å²) < 4.78 is 0. The van der Waals surface area contributed by atoms with Crippen molar-refractivity contribution in [2.45, 2.75) is 117 Å². The van der Waals surface area contributed by atoms with Gasteiger partial charge in [-0.05, 0) is 6.42 Å². The predicted molar refractivity (Wildman–Crippen MR) is 108 cm³/mol. The number of hydrogen-bond acceptors (Lipinski definition) is 3. The second-order valence-electron chi connectivity index (χ2n) is 6.92. The molecule has 0 spiro atoms. The maximum atomic E-state index is 9.00. The number of unbranched alkanes of at least 4 members (excludes halogenated alkanes) is 15. The first-order chi connectivity index (χ1) is 12.1. The van der Waals surface area contributed by atoms with Gasteiger partial charge in [0, 0.05) is 13.5 Å². The van der Waals surface area contributed by atoms with E-state index in [1.54, 1.807) is 7.11 Å². The lowest BCUT2D eigenvalue weighted by atomic mass is 10.0. The fourth-order valence-electron chi connectivity index (χ4n) is 2.85. The van der Waals surface area contributed by atoms with Gasteiger partial charge in [0.1, 0.15) is 0 Å². The highest BCUT2D eigenvalue weighted by Crippen LogP contribution is 2.13. The Morgan fingerprint density at radius 1 is 0.720 bits per heavy atom. The third-order valence-corrected chi connectivity index (χ3v) is 4.28. The summed E-state index contributed by atoms with van der Waals surface area (Å²) in [6, 6.07) is 0. The first kappa shape index (κ1) is 26.6. The standard InChI is InChI=1S/C19H41NO.C2H4O2/c1-3-4-5-6-7-8-9-10-11-12-13-14-15-16-17-18-19-20-21-2;1-2(3)4/h20H,3-19H2,1-2H3;1H3,(H,3,4). The number of rotatable bonds is 18. The predicted octanol–water partition coefficient (Wildman–Crippen LogP) is 6.49. The minimum Gasteiger partial charge on any atom is -0.481 e. The first-order valence-corrected chi connectivity index (χ1v) is 10.6. The molecule has 0 bridgehead atoms. The molecule has 4 nitrogen and oxygen atoms in total. The molecule has 0 aliphatic rings. The van der Waals surface area contributed by atoms with E-state index < -0.39 is 5.97 Å². The zero-order valence-corrected chi connectivity index (χ0v) is 17.3. The van der Waals surface area contributed by atoms with E-state index in [0.717, 1.165) is 13.5 Å². The summed E-state index contributed by atoms with van der Waals surface area (Å²) in [4.78, 5) is 13.8. The molecule has 2 N–H and O–H groups in total. The van der Waals surface area contributed by atoms with Gasteiger partial charge in [-0.3, -0.25) is 4.79 Å². The van der Waals surface area contributed by atoms with Crippen LogP contribution >= 0.6 is 0 Å². The smallest absolute Gasteiger partial charge is 0.300 e. The van der Waals surface area contributed by atoms with Crippen molar-refractivity contribution in [3.63, 3.8) is 0 Å². The number of aliphatic carboxylic acids is 1. The molecule has 0 aliphatic carbocycles. The van der Waals surface area contributed by atoms with E-state index in [1.165, 1.54) is 103 Å². The second-order valence-corrected chi connectivity index (χ2v) is 6.92. The summed E-state index contributed by atoms with van der Waals surface area (Å²) >= 11 is 0. The number of nitrogens with one attached hydrogen (secondary N) is 1. The monoisotopic (exact) mass is 359 g/mol. The Morgan fingerprint density at radius 3 is 1.28 bits per heavy atom. The van der Waals surface area contributed by atoms with Crippen LogP contribution in [-0.2, 0) is 9.63 Å². The Balaban J connectivity index is 0. The summed E-state index contributed by atoms with van der Waals surface area (Å²) in [5.74, 6) is -0.833. The van der Waals surface area contributed by atoms with Crippen molar-refractivity contribution in [1.29, 1.82) is 0 Å². The highest BCUT2D eigenvalue weighted by atomic mass is 16.6. The number of carbonyl (C=O) groups is 1. The minimum atomic E-state index is -0.833. The van der Waals surface area contributed by atoms with E-state index in [4.69, 9.17) is 14.7 Å². The number of hydroxylamine groups is 1. The highest BCUT2D eigenvalue weighted by molar-refractivity contribution is 5.62. The van der Waals surface area contributed by atoms with Gasteiger partial charge < -0.3 is 9.94 Å². The van der Waals surface area contributed by atoms with Gasteiger partial charge in [-0.1, -0.05) is 103 Å². The van der Waals surface area contributed by atoms with E-state index >= 15 is 0 Å². The van der Waals surface area contributed by atoms with E-state index in [9.17, 15) is 0 Å². The van der Waals surface area contributed by atoms with Crippen LogP contribution in [0.1, 0.15) is 117 Å². The molecule has 0 unspecified atom stereocenters. The van der Waals surface area contributed by atoms with Gasteiger partial charge in [0.15, 0.2) is 0 Å². The van der Waals surface area contributed by atoms with Crippen LogP contribution in [0.4, 0.5) is 0 Å². The molecule has 0 aliphatic heterocycles. The maximum absolute atomic E-state index is 9.00. The van der Waals surface area contributed by atoms with Gasteiger partial charge >= 0.3 is 0 Å². The van der Waals surface area contributed by atoms with Crippen LogP contribution in [-0.4, -0.2) is 24.7 Å². The molecular weight excluding hydrogens is 314 g/mol. The average Bonchev–Trinajstić information content (AvgIpc) is 2.57. The minimum absolute atomic E-state index is 0.833. The van der Waals surface area contributed by atoms with Crippen LogP contribution in [0.5, 0.6) is 0 Å². The third-order valence-electron chi connectivity index (χ3n) is 4.28. The van der Waals surface area contributed by atoms with Crippen LogP contribution in [0, 0.1) is 0 Å². The summed E-state index contributed by atoms with van der Waals surface area (Å²) in [5, 5.41) is 7.42. The number of hydrogen-bond donors (Lipinski definition) is 2. The van der Waals surface area contributed by atoms with Crippen molar-refractivity contribution in [2.24, 2.45) is 0 Å². The zero-order valence-electron chi connectivity index (χ0n) is 17.3. The quantitative estimate of drug-likeness (QED) is 0.217. The van der Waals surface area contributed by atoms with Gasteiger partial charge in [-0.2, -0.15) is 0 Å². The van der Waals surface area contributed by atoms with Crippen molar-refractivity contribution < 1.29 is 14.7 Å². The van der Waals surface area contributed by atoms with E-state index in [0.29, 0.717) is 0 Å². The highest BCUT2D eigenvalue weighted by Gasteiger charge is 1.94. The summed E-state index contributed by atoms with van der Waals surface area (Å²) in [7, 11) is 1.69. The molecule has 0 amide bonds. The van der Waals surface area contributed by atoms with Crippen molar-refractivity contribution in [3.8, 4) is 0 Å². The van der Waals surface area contributed by atoms with E-state index in [-0.39, 0.29) is 0 Å². The lowest BCUT2D eigenvalue weighted by Crippen LogP contribution is -2.12. The molecule has 0 atom stereocenters. The van der Waals surface area contributed by atoms with Crippen molar-refractivity contribution in [2.75, 3.05) is 13.7 Å². The summed E-state index contributed by atoms with van der Waals surface area (Å²) in [5.41, 5.74) is 2.90. The molecule has 0 saturated heterocycles. The first-order valence-electron chi connectivity index (χ1n) is 10.6. The average molecular weight is 360 g/mol. The Bertz CT molecular complexity index is 225. The fraction of sp³-hybridized carbons (Fsp3) is 0.952. The van der Waals surface area contributed by atoms with Crippen LogP contribution in [0.25, 0.3) is 0 Å². The Morgan fingerprint density at radius 2 is 1.00 bits per heavy atom. The molecular formula is C21H45NO3. The van der Waals surface area contributed by atoms with Gasteiger partial charge in [0.25, 0.3) is 5.97 Å². The largest absolute Gasteiger partial charge is 0.481 e. The molecule has 0 aromatic heterocycles. The summed E-state index contributed by atoms with van der Waals surface area (Å²) in [6.45, 7) is 4.37. The SMILES string of the molecule is CC(=O)O.CCCCCCCCCCCCCCCCCCNOC. The molecule has 0 aromatic carbocycles. The van der Waals surface area contributed by atoms with Crippen molar-refractivity contribution in [1.82, 2.24) is 5.48 Å². The molecule has 0 radical (unpaired) electrons. The lowest BCUT2D eigenvalue weighted by molar-refractivity contribution is -0.134. The molecule has 152 valence electrons. The molecule has 0 heterocycles. The van der Waals surface area contributed by atoms with Crippen LogP contribution in [0.15, 0.2) is 0 Å². The van der Waals surface area contributed by atoms with Gasteiger partial charge in [-0.15, -0.1) is 0 Å². The van der Waals surface area contributed by atoms with Crippen LogP contribution < -0.4 is 5.48 Å². The van der Waals surface area contributed by atoms with Gasteiger partial charge in [0.2, 0.25) is 0 Å². The molecule has 0 aromatic rings. The fourth-order valence-corrected chi connectivity index (χ4v) is 2.85. The molecule has 0 rings (SSSR count). The molecule has 25 heavy (non-hydrogen) atoms. The number of carboxylic acids is 1. The zero-order chi connectivity index (χ0) is 19.0. The Kier molecular flexibility index (Phi) is 27.3. The van der Waals surface area contributed by atoms with E-state index in [2.05, 4.69) is 12.4 Å². The second kappa shape index (κ2) is 25.6. The normalized spacial score (nSPS) is 10.4. The van der Waals surface area contributed by atoms with Crippen LogP contribution in [0.3, 0.4) is 0 Å². The molecule has 0 fully saturated rings. The van der Waals surface area contributed by atoms with Crippen molar-refractivity contribution >= 4 is 5.97 Å². The molecule has 4 heteroatoms. The summed E-state index contributed by atoms with van der Waals surface area (Å²) in [6.07, 6.45) is 22.8. The van der Waals surface area contributed by atoms with Crippen LogP contribution in [0.2, 0.25) is 0 Å². The lowest BCUT2D eigenvalue weighted by Gasteiger charge is -2.04. The van der Waals surface area contributed by atoms with Crippen molar-refractivity contribution in [3.05, 3.63) is 0 Å². The van der Waals surface area contributed by atoms with Gasteiger partial charge in [0.05, 0.1) is 7.11 Å². The van der Waals surface area contributed by atoms with E-state index in [1.807, 2.05) is 0 Å². The van der Waals surface area contributed by atoms with Gasteiger partial charge in [-0.25, -0.2) is 5.48 Å². The Hall–Kier alpha value is -0.610. The maximum Gasteiger partial charge on any atom is 0.300 e. The topological polar surface area (TPSA) is 58.6 Å².